The zero-order chi connectivity index (χ0) is 27.9. The van der Waals surface area contributed by atoms with E-state index in [1.165, 1.54) is 0 Å². The number of aliphatic hydroxyl groups is 1. The van der Waals surface area contributed by atoms with E-state index in [-0.39, 0.29) is 12.5 Å². The van der Waals surface area contributed by atoms with Crippen LogP contribution >= 0.6 is 0 Å². The lowest BCUT2D eigenvalue weighted by Gasteiger charge is -2.20. The summed E-state index contributed by atoms with van der Waals surface area (Å²) in [6.07, 6.45) is -0.886. The van der Waals surface area contributed by atoms with Crippen LogP contribution < -0.4 is 20.7 Å². The maximum absolute atomic E-state index is 11.7. The minimum Gasteiger partial charge on any atom is -0.491 e. The number of anilines is 2. The number of carbonyl (C=O) groups is 2. The number of ether oxygens (including phenoxy) is 3. The van der Waals surface area contributed by atoms with E-state index in [1.54, 1.807) is 13.8 Å². The van der Waals surface area contributed by atoms with Gasteiger partial charge < -0.3 is 24.6 Å². The Morgan fingerprint density at radius 1 is 0.769 bits per heavy atom. The third-order valence-electron chi connectivity index (χ3n) is 5.85. The molecule has 1 atom stereocenters. The number of hydrogen-bond donors (Lipinski definition) is 4. The normalized spacial score (nSPS) is 11.5. The van der Waals surface area contributed by atoms with E-state index in [0.29, 0.717) is 37.7 Å². The molecular formula is C30H37N3O6. The average Bonchev–Trinajstić information content (AvgIpc) is 2.94. The van der Waals surface area contributed by atoms with Crippen molar-refractivity contribution in [2.45, 2.75) is 32.3 Å². The molecule has 0 heterocycles. The van der Waals surface area contributed by atoms with Crippen LogP contribution in [0.25, 0.3) is 0 Å². The predicted molar refractivity (Wildman–Crippen MR) is 151 cm³/mol. The first-order chi connectivity index (χ1) is 19.0. The fourth-order valence-corrected chi connectivity index (χ4v) is 3.98. The van der Waals surface area contributed by atoms with Gasteiger partial charge in [0.2, 0.25) is 0 Å². The van der Waals surface area contributed by atoms with Crippen LogP contribution in [0.4, 0.5) is 21.0 Å². The average molecular weight is 536 g/mol. The standard InChI is InChI=1S/C30H37N3O6/c1-3-37-29(35)32-24-14-10-22(11-15-24)28(23-12-16-25(17-13-23)33-30(36)38-4-2)18-19-31-20-26(34)21-39-27-8-6-5-7-9-27/h5-17,26,28,31,34H,3-4,18-21H2,1-2H3,(H,32,35)(H,33,36)/t26-/m0/s1. The zero-order valence-electron chi connectivity index (χ0n) is 22.4. The molecular weight excluding hydrogens is 498 g/mol. The molecule has 0 unspecified atom stereocenters. The Kier molecular flexibility index (Phi) is 12.1. The quantitative estimate of drug-likeness (QED) is 0.205. The van der Waals surface area contributed by atoms with Crippen molar-refractivity contribution >= 4 is 23.6 Å². The summed E-state index contributed by atoms with van der Waals surface area (Å²) < 4.78 is 15.5. The molecule has 0 radical (unpaired) electrons. The van der Waals surface area contributed by atoms with E-state index in [9.17, 15) is 14.7 Å². The lowest BCUT2D eigenvalue weighted by atomic mass is 9.88. The van der Waals surface area contributed by atoms with E-state index in [2.05, 4.69) is 16.0 Å². The molecule has 2 amide bonds. The summed E-state index contributed by atoms with van der Waals surface area (Å²) in [5, 5.41) is 19.0. The summed E-state index contributed by atoms with van der Waals surface area (Å²) in [4.78, 5) is 23.5. The molecule has 0 saturated heterocycles. The molecule has 9 heteroatoms. The number of carbonyl (C=O) groups excluding carboxylic acids is 2. The second-order valence-corrected chi connectivity index (χ2v) is 8.76. The Bertz CT molecular complexity index is 1080. The van der Waals surface area contributed by atoms with Gasteiger partial charge in [0.05, 0.1) is 13.2 Å². The molecule has 0 bridgehead atoms. The van der Waals surface area contributed by atoms with Gasteiger partial charge in [0.15, 0.2) is 0 Å². The summed E-state index contributed by atoms with van der Waals surface area (Å²) in [6, 6.07) is 24.6. The van der Waals surface area contributed by atoms with E-state index in [4.69, 9.17) is 14.2 Å². The van der Waals surface area contributed by atoms with Crippen molar-refractivity contribution < 1.29 is 28.9 Å². The molecule has 0 saturated carbocycles. The number of amides is 2. The number of hydrogen-bond acceptors (Lipinski definition) is 7. The first kappa shape index (κ1) is 29.5. The lowest BCUT2D eigenvalue weighted by Crippen LogP contribution is -2.32. The minimum absolute atomic E-state index is 0.0310. The van der Waals surface area contributed by atoms with Gasteiger partial charge in [0.25, 0.3) is 0 Å². The molecule has 39 heavy (non-hydrogen) atoms. The largest absolute Gasteiger partial charge is 0.491 e. The van der Waals surface area contributed by atoms with Crippen LogP contribution in [0.2, 0.25) is 0 Å². The van der Waals surface area contributed by atoms with Crippen LogP contribution in [-0.4, -0.2) is 56.3 Å². The molecule has 0 fully saturated rings. The van der Waals surface area contributed by atoms with Crippen molar-refractivity contribution in [3.05, 3.63) is 90.0 Å². The van der Waals surface area contributed by atoms with Crippen LogP contribution in [0.1, 0.15) is 37.3 Å². The Hall–Kier alpha value is -4.08. The van der Waals surface area contributed by atoms with Crippen LogP contribution in [0.15, 0.2) is 78.9 Å². The first-order valence-corrected chi connectivity index (χ1v) is 13.1. The molecule has 0 aliphatic rings. The third kappa shape index (κ3) is 10.3. The maximum atomic E-state index is 11.7. The highest BCUT2D eigenvalue weighted by Gasteiger charge is 2.16. The van der Waals surface area contributed by atoms with E-state index < -0.39 is 18.3 Å². The highest BCUT2D eigenvalue weighted by Crippen LogP contribution is 2.30. The van der Waals surface area contributed by atoms with Crippen LogP contribution in [0, 0.1) is 0 Å². The van der Waals surface area contributed by atoms with Gasteiger partial charge in [0, 0.05) is 23.8 Å². The van der Waals surface area contributed by atoms with Gasteiger partial charge in [-0.25, -0.2) is 9.59 Å². The fraction of sp³-hybridized carbons (Fsp3) is 0.333. The number of para-hydroxylation sites is 1. The van der Waals surface area contributed by atoms with E-state index in [0.717, 1.165) is 23.3 Å². The molecule has 0 aliphatic heterocycles. The van der Waals surface area contributed by atoms with Crippen molar-refractivity contribution in [1.29, 1.82) is 0 Å². The second kappa shape index (κ2) is 16.0. The van der Waals surface area contributed by atoms with Crippen molar-refractivity contribution in [2.24, 2.45) is 0 Å². The van der Waals surface area contributed by atoms with Gasteiger partial charge in [0.1, 0.15) is 18.5 Å². The molecule has 0 aromatic heterocycles. The van der Waals surface area contributed by atoms with Crippen LogP contribution in [-0.2, 0) is 9.47 Å². The number of nitrogens with one attached hydrogen (secondary N) is 3. The predicted octanol–water partition coefficient (Wildman–Crippen LogP) is 5.37. The first-order valence-electron chi connectivity index (χ1n) is 13.1. The molecule has 3 aromatic rings. The van der Waals surface area contributed by atoms with Crippen LogP contribution in [0.5, 0.6) is 5.75 Å². The summed E-state index contributed by atoms with van der Waals surface area (Å²) in [6.45, 7) is 5.35. The highest BCUT2D eigenvalue weighted by molar-refractivity contribution is 5.85. The van der Waals surface area contributed by atoms with Gasteiger partial charge in [-0.2, -0.15) is 0 Å². The monoisotopic (exact) mass is 535 g/mol. The Balaban J connectivity index is 1.62. The smallest absolute Gasteiger partial charge is 0.411 e. The fourth-order valence-electron chi connectivity index (χ4n) is 3.98. The Morgan fingerprint density at radius 2 is 1.28 bits per heavy atom. The summed E-state index contributed by atoms with van der Waals surface area (Å²) in [5.41, 5.74) is 3.41. The van der Waals surface area contributed by atoms with Gasteiger partial charge in [-0.05, 0) is 74.3 Å². The van der Waals surface area contributed by atoms with Crippen molar-refractivity contribution in [2.75, 3.05) is 43.5 Å². The summed E-state index contributed by atoms with van der Waals surface area (Å²) >= 11 is 0. The van der Waals surface area contributed by atoms with Crippen molar-refractivity contribution in [1.82, 2.24) is 5.32 Å². The Labute approximate surface area is 229 Å². The van der Waals surface area contributed by atoms with Gasteiger partial charge in [-0.3, -0.25) is 10.6 Å². The van der Waals surface area contributed by atoms with Crippen molar-refractivity contribution in [3.8, 4) is 5.75 Å². The van der Waals surface area contributed by atoms with Crippen molar-refractivity contribution in [3.63, 3.8) is 0 Å². The van der Waals surface area contributed by atoms with E-state index >= 15 is 0 Å². The molecule has 3 aromatic carbocycles. The third-order valence-corrected chi connectivity index (χ3v) is 5.85. The summed E-state index contributed by atoms with van der Waals surface area (Å²) in [5.74, 6) is 0.752. The van der Waals surface area contributed by atoms with Gasteiger partial charge in [-0.15, -0.1) is 0 Å². The molecule has 208 valence electrons. The molecule has 9 nitrogen and oxygen atoms in total. The zero-order valence-corrected chi connectivity index (χ0v) is 22.4. The van der Waals surface area contributed by atoms with E-state index in [1.807, 2.05) is 78.9 Å². The topological polar surface area (TPSA) is 118 Å². The van der Waals surface area contributed by atoms with Gasteiger partial charge in [-0.1, -0.05) is 42.5 Å². The SMILES string of the molecule is CCOC(=O)Nc1ccc(C(CCNC[C@H](O)COc2ccccc2)c2ccc(NC(=O)OCC)cc2)cc1. The molecule has 0 spiro atoms. The second-order valence-electron chi connectivity index (χ2n) is 8.76. The lowest BCUT2D eigenvalue weighted by molar-refractivity contribution is 0.106. The number of aliphatic hydroxyl groups excluding tert-OH is 1. The molecule has 0 aliphatic carbocycles. The Morgan fingerprint density at radius 3 is 1.77 bits per heavy atom. The number of benzene rings is 3. The minimum atomic E-state index is -0.648. The summed E-state index contributed by atoms with van der Waals surface area (Å²) in [7, 11) is 0. The highest BCUT2D eigenvalue weighted by atomic mass is 16.6. The van der Waals surface area contributed by atoms with Crippen LogP contribution in [0.3, 0.4) is 0 Å². The number of rotatable bonds is 14. The molecule has 3 rings (SSSR count). The van der Waals surface area contributed by atoms with Gasteiger partial charge >= 0.3 is 12.2 Å². The maximum Gasteiger partial charge on any atom is 0.411 e. The molecule has 4 N–H and O–H groups in total.